The summed E-state index contributed by atoms with van der Waals surface area (Å²) in [7, 11) is 1.42. The van der Waals surface area contributed by atoms with Crippen molar-refractivity contribution >= 4 is 24.3 Å². The molecule has 0 saturated heterocycles. The average Bonchev–Trinajstić information content (AvgIpc) is 2.89. The molecule has 1 amide bonds. The first-order valence-corrected chi connectivity index (χ1v) is 7.72. The molecular weight excluding hydrogens is 292 g/mol. The van der Waals surface area contributed by atoms with E-state index in [-0.39, 0.29) is 24.3 Å². The van der Waals surface area contributed by atoms with Gasteiger partial charge in [0.25, 0.3) is 0 Å². The highest BCUT2D eigenvalue weighted by molar-refractivity contribution is 5.86. The predicted molar refractivity (Wildman–Crippen MR) is 85.4 cm³/mol. The van der Waals surface area contributed by atoms with Gasteiger partial charge in [0.1, 0.15) is 0 Å². The number of carbonyl (C=O) groups excluding carboxylic acids is 2. The maximum Gasteiger partial charge on any atom is 0.305 e. The summed E-state index contributed by atoms with van der Waals surface area (Å²) in [6.07, 6.45) is 9.28. The van der Waals surface area contributed by atoms with Gasteiger partial charge in [-0.05, 0) is 25.7 Å². The van der Waals surface area contributed by atoms with Gasteiger partial charge in [0.15, 0.2) is 0 Å². The zero-order chi connectivity index (χ0) is 14.8. The number of hydrogen-bond donors (Lipinski definition) is 2. The number of carbonyl (C=O) groups is 2. The molecule has 0 heterocycles. The highest BCUT2D eigenvalue weighted by Gasteiger charge is 2.36. The summed E-state index contributed by atoms with van der Waals surface area (Å²) in [5, 5.41) is 2.95. The summed E-state index contributed by atoms with van der Waals surface area (Å²) >= 11 is 0. The van der Waals surface area contributed by atoms with Crippen molar-refractivity contribution in [3.8, 4) is 0 Å². The van der Waals surface area contributed by atoms with Gasteiger partial charge in [-0.25, -0.2) is 0 Å². The molecule has 0 unspecified atom stereocenters. The summed E-state index contributed by atoms with van der Waals surface area (Å²) < 4.78 is 4.58. The molecule has 21 heavy (non-hydrogen) atoms. The van der Waals surface area contributed by atoms with E-state index in [9.17, 15) is 9.59 Å². The lowest BCUT2D eigenvalue weighted by Crippen LogP contribution is -2.52. The van der Waals surface area contributed by atoms with Gasteiger partial charge in [0.2, 0.25) is 5.91 Å². The van der Waals surface area contributed by atoms with Gasteiger partial charge >= 0.3 is 5.97 Å². The van der Waals surface area contributed by atoms with Gasteiger partial charge in [-0.15, -0.1) is 12.4 Å². The quantitative estimate of drug-likeness (QED) is 0.504. The first kappa shape index (κ1) is 20.2. The number of rotatable bonds is 9. The van der Waals surface area contributed by atoms with Crippen molar-refractivity contribution in [2.24, 2.45) is 5.73 Å². The second kappa shape index (κ2) is 10.9. The van der Waals surface area contributed by atoms with Crippen LogP contribution in [0.1, 0.15) is 64.2 Å². The monoisotopic (exact) mass is 320 g/mol. The van der Waals surface area contributed by atoms with Crippen molar-refractivity contribution in [2.45, 2.75) is 69.7 Å². The van der Waals surface area contributed by atoms with E-state index in [2.05, 4.69) is 10.1 Å². The van der Waals surface area contributed by atoms with E-state index in [1.165, 1.54) is 7.11 Å². The molecule has 6 heteroatoms. The minimum atomic E-state index is -0.611. The van der Waals surface area contributed by atoms with Crippen LogP contribution in [0.3, 0.4) is 0 Å². The maximum atomic E-state index is 11.9. The van der Waals surface area contributed by atoms with E-state index in [1.807, 2.05) is 0 Å². The van der Waals surface area contributed by atoms with Crippen molar-refractivity contribution < 1.29 is 14.3 Å². The SMILES string of the molecule is COC(=O)CCCCCCCNC(=O)C1(N)CCCC1.Cl. The molecule has 124 valence electrons. The highest BCUT2D eigenvalue weighted by atomic mass is 35.5. The predicted octanol–water partition coefficient (Wildman–Crippen LogP) is 2.31. The maximum absolute atomic E-state index is 11.9. The minimum absolute atomic E-state index is 0. The van der Waals surface area contributed by atoms with Crippen LogP contribution in [0.4, 0.5) is 0 Å². The number of unbranched alkanes of at least 4 members (excludes halogenated alkanes) is 4. The molecule has 3 N–H and O–H groups in total. The Bertz CT molecular complexity index is 318. The second-order valence-corrected chi connectivity index (χ2v) is 5.71. The van der Waals surface area contributed by atoms with E-state index in [0.717, 1.165) is 57.8 Å². The molecule has 1 aliphatic carbocycles. The molecular formula is C15H29ClN2O3. The third-order valence-corrected chi connectivity index (χ3v) is 4.02. The summed E-state index contributed by atoms with van der Waals surface area (Å²) in [6.45, 7) is 0.703. The normalized spacial score (nSPS) is 16.1. The molecule has 0 aromatic rings. The van der Waals surface area contributed by atoms with E-state index >= 15 is 0 Å². The van der Waals surface area contributed by atoms with Gasteiger partial charge in [-0.2, -0.15) is 0 Å². The van der Waals surface area contributed by atoms with Crippen LogP contribution in [0.2, 0.25) is 0 Å². The van der Waals surface area contributed by atoms with Crippen molar-refractivity contribution in [2.75, 3.05) is 13.7 Å². The van der Waals surface area contributed by atoms with Crippen LogP contribution < -0.4 is 11.1 Å². The molecule has 1 fully saturated rings. The van der Waals surface area contributed by atoms with E-state index in [4.69, 9.17) is 5.73 Å². The summed E-state index contributed by atoms with van der Waals surface area (Å²) in [5.74, 6) is -0.122. The van der Waals surface area contributed by atoms with Crippen LogP contribution in [0.5, 0.6) is 0 Å². The Balaban J connectivity index is 0.00000400. The number of nitrogens with two attached hydrogens (primary N) is 1. The molecule has 1 rings (SSSR count). The summed E-state index contributed by atoms with van der Waals surface area (Å²) in [4.78, 5) is 22.8. The van der Waals surface area contributed by atoms with Crippen LogP contribution in [-0.2, 0) is 14.3 Å². The molecule has 5 nitrogen and oxygen atoms in total. The van der Waals surface area contributed by atoms with Crippen LogP contribution in [0.25, 0.3) is 0 Å². The largest absolute Gasteiger partial charge is 0.469 e. The van der Waals surface area contributed by atoms with Crippen molar-refractivity contribution in [3.63, 3.8) is 0 Å². The zero-order valence-electron chi connectivity index (χ0n) is 13.0. The Morgan fingerprint density at radius 1 is 1.10 bits per heavy atom. The third-order valence-electron chi connectivity index (χ3n) is 4.02. The highest BCUT2D eigenvalue weighted by Crippen LogP contribution is 2.27. The van der Waals surface area contributed by atoms with E-state index < -0.39 is 5.54 Å². The fraction of sp³-hybridized carbons (Fsp3) is 0.867. The molecule has 0 atom stereocenters. The summed E-state index contributed by atoms with van der Waals surface area (Å²) in [5.41, 5.74) is 5.46. The Labute approximate surface area is 133 Å². The summed E-state index contributed by atoms with van der Waals surface area (Å²) in [6, 6.07) is 0. The minimum Gasteiger partial charge on any atom is -0.469 e. The molecule has 1 saturated carbocycles. The van der Waals surface area contributed by atoms with Gasteiger partial charge < -0.3 is 15.8 Å². The first-order chi connectivity index (χ1) is 9.58. The number of halogens is 1. The lowest BCUT2D eigenvalue weighted by molar-refractivity contribution is -0.140. The topological polar surface area (TPSA) is 81.4 Å². The third kappa shape index (κ3) is 7.67. The molecule has 0 radical (unpaired) electrons. The number of hydrogen-bond acceptors (Lipinski definition) is 4. The van der Waals surface area contributed by atoms with Gasteiger partial charge in [-0.3, -0.25) is 9.59 Å². The van der Waals surface area contributed by atoms with E-state index in [0.29, 0.717) is 13.0 Å². The standard InChI is InChI=1S/C15H28N2O3.ClH/c1-20-13(18)9-5-3-2-4-8-12-17-14(19)15(16)10-6-7-11-15;/h2-12,16H2,1H3,(H,17,19);1H. The van der Waals surface area contributed by atoms with Crippen LogP contribution in [0, 0.1) is 0 Å². The molecule has 1 aliphatic rings. The van der Waals surface area contributed by atoms with Gasteiger partial charge in [0, 0.05) is 13.0 Å². The molecule has 0 aliphatic heterocycles. The van der Waals surface area contributed by atoms with Crippen molar-refractivity contribution in [1.82, 2.24) is 5.32 Å². The number of ether oxygens (including phenoxy) is 1. The zero-order valence-corrected chi connectivity index (χ0v) is 13.8. The van der Waals surface area contributed by atoms with Crippen LogP contribution >= 0.6 is 12.4 Å². The second-order valence-electron chi connectivity index (χ2n) is 5.71. The van der Waals surface area contributed by atoms with Gasteiger partial charge in [-0.1, -0.05) is 32.1 Å². The van der Waals surface area contributed by atoms with Crippen LogP contribution in [0.15, 0.2) is 0 Å². The lowest BCUT2D eigenvalue weighted by Gasteiger charge is -2.22. The van der Waals surface area contributed by atoms with Crippen molar-refractivity contribution in [1.29, 1.82) is 0 Å². The number of esters is 1. The number of nitrogens with one attached hydrogen (secondary N) is 1. The number of methoxy groups -OCH3 is 1. The number of amides is 1. The Morgan fingerprint density at radius 3 is 2.29 bits per heavy atom. The molecule has 0 spiro atoms. The Morgan fingerprint density at radius 2 is 1.67 bits per heavy atom. The fourth-order valence-electron chi connectivity index (χ4n) is 2.64. The molecule has 0 aromatic carbocycles. The first-order valence-electron chi connectivity index (χ1n) is 7.72. The molecule has 0 aromatic heterocycles. The van der Waals surface area contributed by atoms with Crippen molar-refractivity contribution in [3.05, 3.63) is 0 Å². The Hall–Kier alpha value is -0.810. The lowest BCUT2D eigenvalue weighted by atomic mass is 9.98. The smallest absolute Gasteiger partial charge is 0.305 e. The van der Waals surface area contributed by atoms with E-state index in [1.54, 1.807) is 0 Å². The average molecular weight is 321 g/mol. The molecule has 0 bridgehead atoms. The fourth-order valence-corrected chi connectivity index (χ4v) is 2.64. The van der Waals surface area contributed by atoms with Gasteiger partial charge in [0.05, 0.1) is 12.6 Å². The van der Waals surface area contributed by atoms with Crippen LogP contribution in [-0.4, -0.2) is 31.1 Å². The Kier molecular flexibility index (Phi) is 10.4.